The summed E-state index contributed by atoms with van der Waals surface area (Å²) in [5, 5.41) is 33.4. The molecule has 0 aliphatic heterocycles. The molecule has 0 radical (unpaired) electrons. The highest BCUT2D eigenvalue weighted by Gasteiger charge is 2.23. The lowest BCUT2D eigenvalue weighted by atomic mass is 10.0. The molecule has 1 amide bonds. The maximum atomic E-state index is 12.5. The molecule has 0 fully saturated rings. The average Bonchev–Trinajstić information content (AvgIpc) is 3.25. The number of rotatable bonds is 50. The molecule has 3 unspecified atom stereocenters. The van der Waals surface area contributed by atoms with Crippen molar-refractivity contribution in [2.24, 2.45) is 0 Å². The van der Waals surface area contributed by atoms with Crippen LogP contribution in [-0.2, 0) is 4.79 Å². The second kappa shape index (κ2) is 50.5. The van der Waals surface area contributed by atoms with Crippen molar-refractivity contribution in [3.05, 3.63) is 24.3 Å². The summed E-state index contributed by atoms with van der Waals surface area (Å²) in [4.78, 5) is 12.5. The number of carbonyl (C=O) groups excluding carboxylic acids is 1. The van der Waals surface area contributed by atoms with Gasteiger partial charge in [-0.2, -0.15) is 0 Å². The van der Waals surface area contributed by atoms with Crippen LogP contribution in [0.15, 0.2) is 24.3 Å². The van der Waals surface area contributed by atoms with Crippen LogP contribution in [0.1, 0.15) is 296 Å². The van der Waals surface area contributed by atoms with Crippen molar-refractivity contribution in [2.45, 2.75) is 315 Å². The molecule has 0 rings (SSSR count). The molecule has 356 valence electrons. The van der Waals surface area contributed by atoms with Crippen LogP contribution >= 0.6 is 0 Å². The highest BCUT2D eigenvalue weighted by atomic mass is 16.3. The minimum absolute atomic E-state index is 0.311. The number of allylic oxidation sites excluding steroid dienone is 4. The van der Waals surface area contributed by atoms with Gasteiger partial charge in [-0.05, 0) is 44.9 Å². The zero-order valence-electron chi connectivity index (χ0n) is 40.6. The van der Waals surface area contributed by atoms with Crippen molar-refractivity contribution >= 4 is 5.91 Å². The first kappa shape index (κ1) is 58.8. The predicted molar refractivity (Wildman–Crippen MR) is 264 cm³/mol. The molecule has 5 nitrogen and oxygen atoms in total. The molecule has 4 N–H and O–H groups in total. The Morgan fingerprint density at radius 1 is 0.400 bits per heavy atom. The zero-order chi connectivity index (χ0) is 43.7. The van der Waals surface area contributed by atoms with E-state index < -0.39 is 24.2 Å². The van der Waals surface area contributed by atoms with Crippen LogP contribution in [0, 0.1) is 0 Å². The van der Waals surface area contributed by atoms with Crippen LogP contribution in [0.4, 0.5) is 0 Å². The van der Waals surface area contributed by atoms with Crippen LogP contribution in [-0.4, -0.2) is 46.1 Å². The summed E-state index contributed by atoms with van der Waals surface area (Å²) >= 11 is 0. The molecule has 0 bridgehead atoms. The summed E-state index contributed by atoms with van der Waals surface area (Å²) in [7, 11) is 0. The Labute approximate surface area is 375 Å². The first-order valence-electron chi connectivity index (χ1n) is 27.1. The predicted octanol–water partition coefficient (Wildman–Crippen LogP) is 16.5. The fraction of sp³-hybridized carbons (Fsp3) is 0.909. The molecule has 5 heteroatoms. The number of carbonyl (C=O) groups is 1. The topological polar surface area (TPSA) is 89.8 Å². The van der Waals surface area contributed by atoms with Gasteiger partial charge in [0, 0.05) is 0 Å². The van der Waals surface area contributed by atoms with Crippen molar-refractivity contribution in [3.63, 3.8) is 0 Å². The van der Waals surface area contributed by atoms with E-state index in [0.29, 0.717) is 12.8 Å². The van der Waals surface area contributed by atoms with Crippen molar-refractivity contribution in [2.75, 3.05) is 6.61 Å². The molecule has 0 heterocycles. The molecule has 60 heavy (non-hydrogen) atoms. The molecule has 0 aromatic rings. The highest BCUT2D eigenvalue weighted by molar-refractivity contribution is 5.80. The second-order valence-electron chi connectivity index (χ2n) is 18.8. The van der Waals surface area contributed by atoms with Crippen molar-refractivity contribution in [1.29, 1.82) is 0 Å². The largest absolute Gasteiger partial charge is 0.394 e. The molecule has 3 atom stereocenters. The maximum Gasteiger partial charge on any atom is 0.249 e. The third-order valence-corrected chi connectivity index (χ3v) is 12.8. The number of hydrogen-bond acceptors (Lipinski definition) is 4. The van der Waals surface area contributed by atoms with Gasteiger partial charge in [0.2, 0.25) is 5.91 Å². The summed E-state index contributed by atoms with van der Waals surface area (Å²) in [5.41, 5.74) is 0. The number of amides is 1. The Bertz CT molecular complexity index is 890. The molecular formula is C55H107NO4. The minimum Gasteiger partial charge on any atom is -0.394 e. The van der Waals surface area contributed by atoms with E-state index in [1.807, 2.05) is 0 Å². The van der Waals surface area contributed by atoms with Crippen LogP contribution in [0.25, 0.3) is 0 Å². The molecule has 0 aliphatic rings. The summed E-state index contributed by atoms with van der Waals surface area (Å²) in [5.74, 6) is -0.467. The highest BCUT2D eigenvalue weighted by Crippen LogP contribution is 2.17. The zero-order valence-corrected chi connectivity index (χ0v) is 40.6. The number of aliphatic hydroxyl groups is 3. The lowest BCUT2D eigenvalue weighted by Crippen LogP contribution is -2.49. The third kappa shape index (κ3) is 44.9. The quantitative estimate of drug-likeness (QED) is 0.0363. The van der Waals surface area contributed by atoms with Gasteiger partial charge >= 0.3 is 0 Å². The second-order valence-corrected chi connectivity index (χ2v) is 18.8. The van der Waals surface area contributed by atoms with Gasteiger partial charge in [0.05, 0.1) is 18.8 Å². The molecular weight excluding hydrogens is 739 g/mol. The first-order valence-corrected chi connectivity index (χ1v) is 27.1. The first-order chi connectivity index (χ1) is 29.6. The smallest absolute Gasteiger partial charge is 0.249 e. The molecule has 0 aromatic carbocycles. The Hall–Kier alpha value is -1.17. The van der Waals surface area contributed by atoms with E-state index in [9.17, 15) is 20.1 Å². The van der Waals surface area contributed by atoms with Gasteiger partial charge < -0.3 is 20.6 Å². The fourth-order valence-electron chi connectivity index (χ4n) is 8.58. The van der Waals surface area contributed by atoms with E-state index in [1.54, 1.807) is 0 Å². The van der Waals surface area contributed by atoms with Crippen molar-refractivity contribution < 1.29 is 20.1 Å². The van der Waals surface area contributed by atoms with Gasteiger partial charge in [0.1, 0.15) is 6.10 Å². The van der Waals surface area contributed by atoms with Crippen LogP contribution in [0.3, 0.4) is 0 Å². The lowest BCUT2D eigenvalue weighted by molar-refractivity contribution is -0.131. The summed E-state index contributed by atoms with van der Waals surface area (Å²) in [6.45, 7) is 4.25. The van der Waals surface area contributed by atoms with E-state index >= 15 is 0 Å². The van der Waals surface area contributed by atoms with Crippen LogP contribution in [0.5, 0.6) is 0 Å². The summed E-state index contributed by atoms with van der Waals surface area (Å²) in [6, 6.07) is -0.709. The number of hydrogen-bond donors (Lipinski definition) is 4. The monoisotopic (exact) mass is 846 g/mol. The van der Waals surface area contributed by atoms with Crippen molar-refractivity contribution in [3.8, 4) is 0 Å². The van der Waals surface area contributed by atoms with Gasteiger partial charge in [-0.1, -0.05) is 276 Å². The Balaban J connectivity index is 3.49. The lowest BCUT2D eigenvalue weighted by Gasteiger charge is -2.23. The molecule has 0 saturated carbocycles. The Kier molecular flexibility index (Phi) is 49.5. The van der Waals surface area contributed by atoms with Gasteiger partial charge in [-0.15, -0.1) is 0 Å². The van der Waals surface area contributed by atoms with Crippen LogP contribution < -0.4 is 5.32 Å². The molecule has 0 saturated heterocycles. The maximum absolute atomic E-state index is 12.5. The van der Waals surface area contributed by atoms with Gasteiger partial charge in [-0.3, -0.25) is 4.79 Å². The number of nitrogens with one attached hydrogen (secondary N) is 1. The fourth-order valence-corrected chi connectivity index (χ4v) is 8.58. The molecule has 0 aromatic heterocycles. The SMILES string of the molecule is CCCCCCCCCCC/C=C\C/C=C\CCCCCCCCCCCCCCCCCCC(O)C(=O)NC(CO)C(O)CCCCCCCCCCCCCCCC. The molecule has 0 aliphatic carbocycles. The summed E-state index contributed by atoms with van der Waals surface area (Å²) < 4.78 is 0. The Morgan fingerprint density at radius 2 is 0.683 bits per heavy atom. The van der Waals surface area contributed by atoms with E-state index in [4.69, 9.17) is 0 Å². The number of aliphatic hydroxyl groups excluding tert-OH is 3. The summed E-state index contributed by atoms with van der Waals surface area (Å²) in [6.07, 6.45) is 63.6. The van der Waals surface area contributed by atoms with E-state index in [1.165, 1.54) is 231 Å². The van der Waals surface area contributed by atoms with Gasteiger partial charge in [-0.25, -0.2) is 0 Å². The average molecular weight is 846 g/mol. The standard InChI is InChI=1S/C55H107NO4/c1-3-5-7-9-11-13-15-17-19-20-21-22-23-24-25-26-27-28-29-30-31-32-33-34-35-36-38-40-42-44-46-48-50-54(59)55(60)56-52(51-57)53(58)49-47-45-43-41-39-37-18-16-14-12-10-8-6-4-2/h21-22,24-25,52-54,57-59H,3-20,23,26-51H2,1-2H3,(H,56,60)/b22-21-,25-24-. The van der Waals surface area contributed by atoms with Gasteiger partial charge in [0.25, 0.3) is 0 Å². The van der Waals surface area contributed by atoms with E-state index in [0.717, 1.165) is 38.5 Å². The molecule has 0 spiro atoms. The number of unbranched alkanes of at least 4 members (excludes halogenated alkanes) is 38. The van der Waals surface area contributed by atoms with Crippen molar-refractivity contribution in [1.82, 2.24) is 5.32 Å². The van der Waals surface area contributed by atoms with Gasteiger partial charge in [0.15, 0.2) is 0 Å². The Morgan fingerprint density at radius 3 is 1.00 bits per heavy atom. The minimum atomic E-state index is -1.07. The van der Waals surface area contributed by atoms with E-state index in [-0.39, 0.29) is 6.61 Å². The third-order valence-electron chi connectivity index (χ3n) is 12.8. The van der Waals surface area contributed by atoms with E-state index in [2.05, 4.69) is 43.5 Å². The van der Waals surface area contributed by atoms with Crippen LogP contribution in [0.2, 0.25) is 0 Å². The normalized spacial score (nSPS) is 13.5.